The van der Waals surface area contributed by atoms with Gasteiger partial charge in [0.1, 0.15) is 0 Å². The van der Waals surface area contributed by atoms with Crippen molar-refractivity contribution in [3.05, 3.63) is 35.5 Å². The normalized spacial score (nSPS) is 11.1. The molecule has 2 nitrogen and oxygen atoms in total. The van der Waals surface area contributed by atoms with Crippen LogP contribution in [0.4, 0.5) is 0 Å². The molecule has 0 aliphatic heterocycles. The highest BCUT2D eigenvalue weighted by atomic mass is 79.9. The predicted octanol–water partition coefficient (Wildman–Crippen LogP) is 2.96. The van der Waals surface area contributed by atoms with E-state index in [1.807, 2.05) is 0 Å². The van der Waals surface area contributed by atoms with Crippen molar-refractivity contribution >= 4 is 26.8 Å². The average molecular weight is 267 g/mol. The summed E-state index contributed by atoms with van der Waals surface area (Å²) in [7, 11) is 0. The SMILES string of the molecule is Cc1[nH]c2ccccc2c1CCNCBr. The third kappa shape index (κ3) is 2.24. The Morgan fingerprint density at radius 1 is 1.33 bits per heavy atom. The first-order chi connectivity index (χ1) is 7.33. The van der Waals surface area contributed by atoms with Crippen molar-refractivity contribution in [3.8, 4) is 0 Å². The first-order valence-electron chi connectivity index (χ1n) is 5.16. The molecule has 0 atom stereocenters. The van der Waals surface area contributed by atoms with Gasteiger partial charge in [-0.25, -0.2) is 0 Å². The van der Waals surface area contributed by atoms with Crippen molar-refractivity contribution in [3.63, 3.8) is 0 Å². The number of aryl methyl sites for hydroxylation is 1. The minimum atomic E-state index is 0.856. The maximum Gasteiger partial charge on any atom is 0.0517 e. The number of aromatic amines is 1. The van der Waals surface area contributed by atoms with Crippen LogP contribution in [0.25, 0.3) is 10.9 Å². The fourth-order valence-corrected chi connectivity index (χ4v) is 2.22. The quantitative estimate of drug-likeness (QED) is 0.497. The molecule has 0 saturated heterocycles. The number of hydrogen-bond acceptors (Lipinski definition) is 1. The van der Waals surface area contributed by atoms with Crippen LogP contribution in [0, 0.1) is 6.92 Å². The van der Waals surface area contributed by atoms with E-state index in [0.717, 1.165) is 18.4 Å². The number of halogens is 1. The number of para-hydroxylation sites is 1. The fourth-order valence-electron chi connectivity index (χ4n) is 1.94. The standard InChI is InChI=1S/C12H15BrN2/c1-9-10(6-7-14-8-13)11-4-2-3-5-12(11)15-9/h2-5,14-15H,6-8H2,1H3. The Balaban J connectivity index is 2.28. The second-order valence-electron chi connectivity index (χ2n) is 3.66. The molecular weight excluding hydrogens is 252 g/mol. The largest absolute Gasteiger partial charge is 0.358 e. The number of alkyl halides is 1. The van der Waals surface area contributed by atoms with Gasteiger partial charge in [0.25, 0.3) is 0 Å². The smallest absolute Gasteiger partial charge is 0.0517 e. The first-order valence-corrected chi connectivity index (χ1v) is 6.28. The molecule has 0 saturated carbocycles. The lowest BCUT2D eigenvalue weighted by Gasteiger charge is -2.01. The predicted molar refractivity (Wildman–Crippen MR) is 68.5 cm³/mol. The summed E-state index contributed by atoms with van der Waals surface area (Å²) in [5, 5.41) is 4.63. The fraction of sp³-hybridized carbons (Fsp3) is 0.333. The van der Waals surface area contributed by atoms with E-state index in [-0.39, 0.29) is 0 Å². The topological polar surface area (TPSA) is 27.8 Å². The van der Waals surface area contributed by atoms with Gasteiger partial charge in [-0.3, -0.25) is 0 Å². The number of fused-ring (bicyclic) bond motifs is 1. The van der Waals surface area contributed by atoms with Crippen LogP contribution in [0.5, 0.6) is 0 Å². The molecule has 0 amide bonds. The van der Waals surface area contributed by atoms with Crippen LogP contribution in [0.3, 0.4) is 0 Å². The van der Waals surface area contributed by atoms with Gasteiger partial charge in [0, 0.05) is 23.1 Å². The molecule has 1 aromatic carbocycles. The van der Waals surface area contributed by atoms with Gasteiger partial charge < -0.3 is 10.3 Å². The molecule has 1 aromatic heterocycles. The highest BCUT2D eigenvalue weighted by Gasteiger charge is 2.06. The summed E-state index contributed by atoms with van der Waals surface area (Å²) in [6.07, 6.45) is 1.07. The summed E-state index contributed by atoms with van der Waals surface area (Å²) in [5.41, 5.74) is 4.81. The van der Waals surface area contributed by atoms with Crippen LogP contribution >= 0.6 is 15.9 Å². The molecule has 0 fully saturated rings. The molecule has 2 aromatic rings. The Kier molecular flexibility index (Phi) is 3.44. The van der Waals surface area contributed by atoms with Gasteiger partial charge in [-0.15, -0.1) is 0 Å². The highest BCUT2D eigenvalue weighted by Crippen LogP contribution is 2.21. The lowest BCUT2D eigenvalue weighted by Crippen LogP contribution is -2.14. The molecule has 80 valence electrons. The van der Waals surface area contributed by atoms with Crippen LogP contribution < -0.4 is 5.32 Å². The molecule has 2 rings (SSSR count). The highest BCUT2D eigenvalue weighted by molar-refractivity contribution is 9.09. The number of H-pyrrole nitrogens is 1. The molecule has 1 heterocycles. The first kappa shape index (κ1) is 10.7. The molecule has 0 radical (unpaired) electrons. The van der Waals surface area contributed by atoms with E-state index < -0.39 is 0 Å². The lowest BCUT2D eigenvalue weighted by atomic mass is 10.1. The second kappa shape index (κ2) is 4.81. The zero-order chi connectivity index (χ0) is 10.7. The van der Waals surface area contributed by atoms with E-state index in [1.165, 1.54) is 22.2 Å². The van der Waals surface area contributed by atoms with Crippen LogP contribution in [-0.2, 0) is 6.42 Å². The van der Waals surface area contributed by atoms with Gasteiger partial charge in [0.2, 0.25) is 0 Å². The second-order valence-corrected chi connectivity index (χ2v) is 4.22. The van der Waals surface area contributed by atoms with Crippen LogP contribution in [0.15, 0.2) is 24.3 Å². The van der Waals surface area contributed by atoms with Crippen molar-refractivity contribution in [1.82, 2.24) is 10.3 Å². The Morgan fingerprint density at radius 2 is 2.13 bits per heavy atom. The van der Waals surface area contributed by atoms with Gasteiger partial charge >= 0.3 is 0 Å². The molecule has 0 unspecified atom stereocenters. The summed E-state index contributed by atoms with van der Waals surface area (Å²) >= 11 is 3.36. The summed E-state index contributed by atoms with van der Waals surface area (Å²) < 4.78 is 0. The number of rotatable bonds is 4. The molecule has 0 bridgehead atoms. The van der Waals surface area contributed by atoms with E-state index in [9.17, 15) is 0 Å². The third-order valence-electron chi connectivity index (χ3n) is 2.67. The van der Waals surface area contributed by atoms with Crippen LogP contribution in [0.1, 0.15) is 11.3 Å². The van der Waals surface area contributed by atoms with Crippen LogP contribution in [0.2, 0.25) is 0 Å². The van der Waals surface area contributed by atoms with Gasteiger partial charge in [-0.1, -0.05) is 34.1 Å². The molecule has 0 spiro atoms. The zero-order valence-electron chi connectivity index (χ0n) is 8.81. The van der Waals surface area contributed by atoms with E-state index in [0.29, 0.717) is 0 Å². The Bertz CT molecular complexity index is 448. The average Bonchev–Trinajstić information content (AvgIpc) is 2.56. The minimum absolute atomic E-state index is 0.856. The number of hydrogen-bond donors (Lipinski definition) is 2. The maximum absolute atomic E-state index is 3.41. The van der Waals surface area contributed by atoms with Crippen molar-refractivity contribution in [2.75, 3.05) is 12.0 Å². The summed E-state index contributed by atoms with van der Waals surface area (Å²) in [4.78, 5) is 3.41. The van der Waals surface area contributed by atoms with Crippen molar-refractivity contribution < 1.29 is 0 Å². The van der Waals surface area contributed by atoms with E-state index in [2.05, 4.69) is 57.4 Å². The van der Waals surface area contributed by atoms with Gasteiger partial charge in [0.05, 0.1) is 5.45 Å². The molecule has 0 aliphatic rings. The summed E-state index contributed by atoms with van der Waals surface area (Å²) in [6, 6.07) is 8.47. The summed E-state index contributed by atoms with van der Waals surface area (Å²) in [5.74, 6) is 0. The molecule has 0 aliphatic carbocycles. The van der Waals surface area contributed by atoms with E-state index in [4.69, 9.17) is 0 Å². The molecular formula is C12H15BrN2. The third-order valence-corrected chi connectivity index (χ3v) is 3.07. The van der Waals surface area contributed by atoms with Crippen molar-refractivity contribution in [2.45, 2.75) is 13.3 Å². The number of aromatic nitrogens is 1. The van der Waals surface area contributed by atoms with Crippen LogP contribution in [-0.4, -0.2) is 17.0 Å². The van der Waals surface area contributed by atoms with Crippen molar-refractivity contribution in [2.24, 2.45) is 0 Å². The van der Waals surface area contributed by atoms with Gasteiger partial charge in [0.15, 0.2) is 0 Å². The Hall–Kier alpha value is -0.800. The Morgan fingerprint density at radius 3 is 2.93 bits per heavy atom. The summed E-state index contributed by atoms with van der Waals surface area (Å²) in [6.45, 7) is 3.15. The maximum atomic E-state index is 3.41. The molecule has 2 N–H and O–H groups in total. The van der Waals surface area contributed by atoms with Crippen molar-refractivity contribution in [1.29, 1.82) is 0 Å². The molecule has 15 heavy (non-hydrogen) atoms. The van der Waals surface area contributed by atoms with E-state index >= 15 is 0 Å². The Labute approximate surface area is 98.2 Å². The monoisotopic (exact) mass is 266 g/mol. The zero-order valence-corrected chi connectivity index (χ0v) is 10.4. The minimum Gasteiger partial charge on any atom is -0.358 e. The molecule has 3 heteroatoms. The lowest BCUT2D eigenvalue weighted by molar-refractivity contribution is 0.779. The number of nitrogens with one attached hydrogen (secondary N) is 2. The number of benzene rings is 1. The van der Waals surface area contributed by atoms with Gasteiger partial charge in [-0.2, -0.15) is 0 Å². The van der Waals surface area contributed by atoms with Gasteiger partial charge in [-0.05, 0) is 25.0 Å². The van der Waals surface area contributed by atoms with E-state index in [1.54, 1.807) is 0 Å².